The molecule has 7 heteroatoms. The van der Waals surface area contributed by atoms with Gasteiger partial charge in [-0.15, -0.1) is 10.2 Å². The van der Waals surface area contributed by atoms with Gasteiger partial charge in [-0.3, -0.25) is 9.78 Å². The predicted octanol–water partition coefficient (Wildman–Crippen LogP) is 3.53. The Hall–Kier alpha value is -2.54. The number of rotatable bonds is 5. The molecule has 0 atom stereocenters. The Bertz CT molecular complexity index is 840. The minimum absolute atomic E-state index is 0.161. The van der Waals surface area contributed by atoms with Crippen LogP contribution in [0.1, 0.15) is 36.6 Å². The number of nitrogens with zero attached hydrogens (tertiary/aromatic N) is 4. The van der Waals surface area contributed by atoms with Gasteiger partial charge in [0.2, 0.25) is 17.7 Å². The molecule has 3 aromatic heterocycles. The van der Waals surface area contributed by atoms with Crippen molar-refractivity contribution in [2.45, 2.75) is 31.6 Å². The summed E-state index contributed by atoms with van der Waals surface area (Å²) in [5.74, 6) is 1.72. The van der Waals surface area contributed by atoms with Gasteiger partial charge in [0.1, 0.15) is 0 Å². The Morgan fingerprint density at radius 1 is 1.19 bits per heavy atom. The summed E-state index contributed by atoms with van der Waals surface area (Å²) in [5.41, 5.74) is 2.25. The molecule has 0 radical (unpaired) electrons. The second-order valence-electron chi connectivity index (χ2n) is 6.45. The number of amides is 1. The highest BCUT2D eigenvalue weighted by Crippen LogP contribution is 2.28. The lowest BCUT2D eigenvalue weighted by Crippen LogP contribution is -2.38. The molecule has 4 heterocycles. The number of thiophene rings is 1. The molecule has 134 valence electrons. The van der Waals surface area contributed by atoms with Crippen molar-refractivity contribution in [2.75, 3.05) is 13.1 Å². The van der Waals surface area contributed by atoms with Crippen molar-refractivity contribution in [2.24, 2.45) is 0 Å². The van der Waals surface area contributed by atoms with Crippen LogP contribution in [0.5, 0.6) is 0 Å². The van der Waals surface area contributed by atoms with Crippen LogP contribution in [-0.2, 0) is 11.2 Å². The number of piperidine rings is 1. The fourth-order valence-corrected chi connectivity index (χ4v) is 3.96. The highest BCUT2D eigenvalue weighted by Gasteiger charge is 2.24. The third-order valence-electron chi connectivity index (χ3n) is 4.81. The van der Waals surface area contributed by atoms with Crippen molar-refractivity contribution in [3.05, 3.63) is 52.8 Å². The summed E-state index contributed by atoms with van der Waals surface area (Å²) in [6, 6.07) is 6.09. The quantitative estimate of drug-likeness (QED) is 0.689. The summed E-state index contributed by atoms with van der Waals surface area (Å²) >= 11 is 1.59. The molecule has 0 saturated carbocycles. The van der Waals surface area contributed by atoms with Gasteiger partial charge in [-0.2, -0.15) is 11.3 Å². The van der Waals surface area contributed by atoms with Gasteiger partial charge >= 0.3 is 0 Å². The monoisotopic (exact) mass is 368 g/mol. The molecule has 3 aromatic rings. The standard InChI is InChI=1S/C19H20N4O2S/c24-18(2-1-17-21-22-19(25-17)16-7-12-26-13-16)23-10-5-15(6-11-23)14-3-8-20-9-4-14/h3-4,7-9,12-13,15H,1-2,5-6,10-11H2. The fraction of sp³-hybridized carbons (Fsp3) is 0.368. The van der Waals surface area contributed by atoms with Crippen molar-refractivity contribution in [1.29, 1.82) is 0 Å². The normalized spacial score (nSPS) is 15.3. The first kappa shape index (κ1) is 16.9. The lowest BCUT2D eigenvalue weighted by atomic mass is 9.90. The first-order valence-electron chi connectivity index (χ1n) is 8.82. The molecule has 1 aliphatic heterocycles. The maximum Gasteiger partial charge on any atom is 0.248 e. The largest absolute Gasteiger partial charge is 0.421 e. The number of pyridine rings is 1. The van der Waals surface area contributed by atoms with E-state index < -0.39 is 0 Å². The Labute approximate surface area is 155 Å². The third kappa shape index (κ3) is 3.83. The van der Waals surface area contributed by atoms with E-state index in [0.717, 1.165) is 31.5 Å². The summed E-state index contributed by atoms with van der Waals surface area (Å²) in [6.07, 6.45) is 6.56. The van der Waals surface area contributed by atoms with Crippen molar-refractivity contribution in [1.82, 2.24) is 20.1 Å². The zero-order valence-corrected chi connectivity index (χ0v) is 15.2. The molecular weight excluding hydrogens is 348 g/mol. The van der Waals surface area contributed by atoms with Gasteiger partial charge in [0.25, 0.3) is 0 Å². The first-order valence-corrected chi connectivity index (χ1v) is 9.76. The van der Waals surface area contributed by atoms with Gasteiger partial charge in [0.15, 0.2) is 0 Å². The minimum Gasteiger partial charge on any atom is -0.421 e. The molecule has 0 bridgehead atoms. The lowest BCUT2D eigenvalue weighted by molar-refractivity contribution is -0.132. The molecule has 0 N–H and O–H groups in total. The van der Waals surface area contributed by atoms with Gasteiger partial charge in [-0.25, -0.2) is 0 Å². The Kier molecular flexibility index (Phi) is 5.06. The van der Waals surface area contributed by atoms with Crippen LogP contribution in [0.25, 0.3) is 11.5 Å². The van der Waals surface area contributed by atoms with Gasteiger partial charge in [0.05, 0.1) is 0 Å². The second-order valence-corrected chi connectivity index (χ2v) is 7.23. The summed E-state index contributed by atoms with van der Waals surface area (Å²) in [6.45, 7) is 1.60. The van der Waals surface area contributed by atoms with Crippen molar-refractivity contribution >= 4 is 17.2 Å². The van der Waals surface area contributed by atoms with Gasteiger partial charge in [-0.05, 0) is 47.9 Å². The number of likely N-dealkylation sites (tertiary alicyclic amines) is 1. The van der Waals surface area contributed by atoms with Crippen molar-refractivity contribution < 1.29 is 9.21 Å². The van der Waals surface area contributed by atoms with E-state index in [0.29, 0.717) is 30.5 Å². The highest BCUT2D eigenvalue weighted by molar-refractivity contribution is 7.08. The maximum atomic E-state index is 12.5. The average molecular weight is 368 g/mol. The first-order chi connectivity index (χ1) is 12.8. The second kappa shape index (κ2) is 7.78. The van der Waals surface area contributed by atoms with Crippen LogP contribution in [-0.4, -0.2) is 39.1 Å². The summed E-state index contributed by atoms with van der Waals surface area (Å²) in [7, 11) is 0. The van der Waals surface area contributed by atoms with Gasteiger partial charge in [-0.1, -0.05) is 0 Å². The lowest BCUT2D eigenvalue weighted by Gasteiger charge is -2.32. The summed E-state index contributed by atoms with van der Waals surface area (Å²) in [4.78, 5) is 18.5. The highest BCUT2D eigenvalue weighted by atomic mass is 32.1. The van der Waals surface area contributed by atoms with Gasteiger partial charge < -0.3 is 9.32 Å². The van der Waals surface area contributed by atoms with E-state index in [2.05, 4.69) is 27.3 Å². The topological polar surface area (TPSA) is 72.1 Å². The van der Waals surface area contributed by atoms with Crippen LogP contribution >= 0.6 is 11.3 Å². The van der Waals surface area contributed by atoms with E-state index in [1.165, 1.54) is 5.56 Å². The summed E-state index contributed by atoms with van der Waals surface area (Å²) in [5, 5.41) is 12.0. The van der Waals surface area contributed by atoms with E-state index in [4.69, 9.17) is 4.42 Å². The molecule has 26 heavy (non-hydrogen) atoms. The molecule has 1 aliphatic rings. The maximum absolute atomic E-state index is 12.5. The number of hydrogen-bond acceptors (Lipinski definition) is 6. The van der Waals surface area contributed by atoms with E-state index >= 15 is 0 Å². The fourth-order valence-electron chi connectivity index (χ4n) is 3.33. The smallest absolute Gasteiger partial charge is 0.248 e. The average Bonchev–Trinajstić information content (AvgIpc) is 3.38. The molecule has 1 fully saturated rings. The molecule has 0 aromatic carbocycles. The Balaban J connectivity index is 1.27. The van der Waals surface area contributed by atoms with E-state index in [9.17, 15) is 4.79 Å². The van der Waals surface area contributed by atoms with E-state index in [1.807, 2.05) is 34.1 Å². The van der Waals surface area contributed by atoms with Crippen molar-refractivity contribution in [3.63, 3.8) is 0 Å². The zero-order valence-electron chi connectivity index (χ0n) is 14.4. The van der Waals surface area contributed by atoms with Crippen LogP contribution in [0.3, 0.4) is 0 Å². The molecule has 0 unspecified atom stereocenters. The number of aromatic nitrogens is 3. The zero-order chi connectivity index (χ0) is 17.8. The SMILES string of the molecule is O=C(CCc1nnc(-c2ccsc2)o1)N1CCC(c2ccncc2)CC1. The molecular formula is C19H20N4O2S. The van der Waals surface area contributed by atoms with E-state index in [1.54, 1.807) is 11.3 Å². The minimum atomic E-state index is 0.161. The van der Waals surface area contributed by atoms with Crippen molar-refractivity contribution in [3.8, 4) is 11.5 Å². The van der Waals surface area contributed by atoms with Crippen LogP contribution in [0.4, 0.5) is 0 Å². The summed E-state index contributed by atoms with van der Waals surface area (Å²) < 4.78 is 5.65. The molecule has 6 nitrogen and oxygen atoms in total. The number of carbonyl (C=O) groups is 1. The number of aryl methyl sites for hydroxylation is 1. The van der Waals surface area contributed by atoms with Crippen LogP contribution < -0.4 is 0 Å². The molecule has 0 spiro atoms. The number of carbonyl (C=O) groups excluding carboxylic acids is 1. The van der Waals surface area contributed by atoms with Crippen LogP contribution in [0.15, 0.2) is 45.8 Å². The molecule has 0 aliphatic carbocycles. The Morgan fingerprint density at radius 2 is 2.00 bits per heavy atom. The third-order valence-corrected chi connectivity index (χ3v) is 5.50. The predicted molar refractivity (Wildman–Crippen MR) is 98.7 cm³/mol. The van der Waals surface area contributed by atoms with Crippen LogP contribution in [0, 0.1) is 0 Å². The molecule has 1 amide bonds. The molecule has 1 saturated heterocycles. The van der Waals surface area contributed by atoms with E-state index in [-0.39, 0.29) is 5.91 Å². The van der Waals surface area contributed by atoms with Crippen LogP contribution in [0.2, 0.25) is 0 Å². The van der Waals surface area contributed by atoms with Gasteiger partial charge in [0, 0.05) is 49.3 Å². The molecule has 4 rings (SSSR count). The number of hydrogen-bond donors (Lipinski definition) is 0. The Morgan fingerprint density at radius 3 is 2.73 bits per heavy atom.